The number of piperazine rings is 1. The fourth-order valence-corrected chi connectivity index (χ4v) is 9.73. The van der Waals surface area contributed by atoms with Crippen molar-refractivity contribution >= 4 is 35.4 Å². The topological polar surface area (TPSA) is 148 Å². The Morgan fingerprint density at radius 2 is 0.984 bits per heavy atom. The van der Waals surface area contributed by atoms with Gasteiger partial charge in [0.05, 0.1) is 18.4 Å². The second kappa shape index (κ2) is 22.4. The van der Waals surface area contributed by atoms with E-state index < -0.39 is 17.9 Å². The Morgan fingerprint density at radius 1 is 0.531 bits per heavy atom. The van der Waals surface area contributed by atoms with Gasteiger partial charge in [0.15, 0.2) is 0 Å². The first kappa shape index (κ1) is 46.5. The third-order valence-corrected chi connectivity index (χ3v) is 13.8. The predicted molar refractivity (Wildman–Crippen MR) is 247 cm³/mol. The summed E-state index contributed by atoms with van der Waals surface area (Å²) in [6.07, 6.45) is 15.0. The number of carbonyl (C=O) groups excluding carboxylic acids is 6. The lowest BCUT2D eigenvalue weighted by atomic mass is 9.94. The lowest BCUT2D eigenvalue weighted by Gasteiger charge is -2.40. The van der Waals surface area contributed by atoms with E-state index in [0.717, 1.165) is 32.1 Å². The highest BCUT2D eigenvalue weighted by Gasteiger charge is 2.49. The standard InChI is InChI=1S/C52H68N6O6/c1-3-4-5-6-7-8-9-10-11-12-19-28-53-50(62)47-35-56(29-30-58(47)36(2)59)51(63)39-24-26-40(27-25-39)52(64)57-33-43(48(60)54-45-31-41(45)37-20-15-13-16-21-37)44(34-57)49(61)55-46-32-42(46)38-22-17-14-18-23-38/h13-18,20-27,41-47H,3-12,19,28-35H2,1-2H3,(H,53,62)(H,54,60)(H,55,61)/t41-,42-,43-,44-,45+,46+,47+/m1/s1. The second-order valence-corrected chi connectivity index (χ2v) is 18.5. The van der Waals surface area contributed by atoms with Gasteiger partial charge in [-0.05, 0) is 54.7 Å². The van der Waals surface area contributed by atoms with E-state index in [2.05, 4.69) is 47.1 Å². The Hall–Kier alpha value is -5.52. The number of nitrogens with zero attached hydrogens (tertiary/aromatic N) is 3. The molecule has 3 aromatic carbocycles. The van der Waals surface area contributed by atoms with E-state index >= 15 is 0 Å². The summed E-state index contributed by atoms with van der Waals surface area (Å²) >= 11 is 0. The molecular weight excluding hydrogens is 805 g/mol. The molecule has 0 unspecified atom stereocenters. The van der Waals surface area contributed by atoms with Crippen LogP contribution in [-0.2, 0) is 19.2 Å². The molecular formula is C52H68N6O6. The van der Waals surface area contributed by atoms with E-state index in [1.807, 2.05) is 36.4 Å². The van der Waals surface area contributed by atoms with Gasteiger partial charge in [-0.2, -0.15) is 0 Å². The first-order valence-electron chi connectivity index (χ1n) is 24.1. The Balaban J connectivity index is 0.919. The van der Waals surface area contributed by atoms with Crippen molar-refractivity contribution < 1.29 is 28.8 Å². The molecule has 12 heteroatoms. The molecule has 3 aromatic rings. The molecule has 2 saturated heterocycles. The molecule has 7 rings (SSSR count). The van der Waals surface area contributed by atoms with E-state index in [0.29, 0.717) is 17.7 Å². The Bertz CT molecular complexity index is 1990. The third kappa shape index (κ3) is 12.2. The molecule has 7 atom stereocenters. The maximum absolute atomic E-state index is 14.0. The lowest BCUT2D eigenvalue weighted by Crippen LogP contribution is -2.61. The average Bonchev–Trinajstić information content (AvgIpc) is 4.23. The fourth-order valence-electron chi connectivity index (χ4n) is 9.73. The number of rotatable bonds is 21. The maximum atomic E-state index is 14.0. The van der Waals surface area contributed by atoms with Crippen LogP contribution >= 0.6 is 0 Å². The van der Waals surface area contributed by atoms with E-state index in [4.69, 9.17) is 0 Å². The first-order chi connectivity index (χ1) is 31.1. The number of hydrogen-bond acceptors (Lipinski definition) is 6. The predicted octanol–water partition coefficient (Wildman–Crippen LogP) is 6.82. The zero-order chi connectivity index (χ0) is 45.0. The van der Waals surface area contributed by atoms with Crippen LogP contribution in [0.2, 0.25) is 0 Å². The summed E-state index contributed by atoms with van der Waals surface area (Å²) in [5, 5.41) is 9.38. The van der Waals surface area contributed by atoms with Crippen molar-refractivity contribution in [2.45, 2.75) is 127 Å². The summed E-state index contributed by atoms with van der Waals surface area (Å²) in [6, 6.07) is 25.7. The van der Waals surface area contributed by atoms with Gasteiger partial charge >= 0.3 is 0 Å². The minimum absolute atomic E-state index is 0.0198. The van der Waals surface area contributed by atoms with Crippen LogP contribution in [0.25, 0.3) is 0 Å². The summed E-state index contributed by atoms with van der Waals surface area (Å²) in [5.41, 5.74) is 3.04. The number of carbonyl (C=O) groups is 6. The molecule has 0 radical (unpaired) electrons. The van der Waals surface area contributed by atoms with E-state index in [1.165, 1.54) is 74.3 Å². The summed E-state index contributed by atoms with van der Waals surface area (Å²) in [6.45, 7) is 5.01. The zero-order valence-electron chi connectivity index (χ0n) is 37.9. The molecule has 2 saturated carbocycles. The maximum Gasteiger partial charge on any atom is 0.253 e. The second-order valence-electron chi connectivity index (χ2n) is 18.5. The zero-order valence-corrected chi connectivity index (χ0v) is 37.9. The van der Waals surface area contributed by atoms with Gasteiger partial charge in [0.2, 0.25) is 23.6 Å². The third-order valence-electron chi connectivity index (χ3n) is 13.8. The highest BCUT2D eigenvalue weighted by Crippen LogP contribution is 2.42. The number of nitrogens with one attached hydrogen (secondary N) is 3. The number of benzene rings is 3. The average molecular weight is 873 g/mol. The van der Waals surface area contributed by atoms with Gasteiger partial charge in [-0.1, -0.05) is 132 Å². The molecule has 0 spiro atoms. The number of hydrogen-bond donors (Lipinski definition) is 3. The van der Waals surface area contributed by atoms with Crippen LogP contribution < -0.4 is 16.0 Å². The van der Waals surface area contributed by atoms with Gasteiger partial charge in [-0.15, -0.1) is 0 Å². The smallest absolute Gasteiger partial charge is 0.253 e. The highest BCUT2D eigenvalue weighted by atomic mass is 16.2. The van der Waals surface area contributed by atoms with Crippen LogP contribution in [-0.4, -0.2) is 108 Å². The lowest BCUT2D eigenvalue weighted by molar-refractivity contribution is -0.141. The summed E-state index contributed by atoms with van der Waals surface area (Å²) in [5.74, 6) is -2.50. The molecule has 2 aliphatic heterocycles. The van der Waals surface area contributed by atoms with Crippen LogP contribution in [0.5, 0.6) is 0 Å². The molecule has 12 nitrogen and oxygen atoms in total. The molecule has 0 aromatic heterocycles. The number of amides is 6. The van der Waals surface area contributed by atoms with Crippen molar-refractivity contribution in [1.82, 2.24) is 30.7 Å². The largest absolute Gasteiger partial charge is 0.354 e. The molecule has 2 heterocycles. The molecule has 4 fully saturated rings. The summed E-state index contributed by atoms with van der Waals surface area (Å²) < 4.78 is 0. The number of unbranched alkanes of at least 4 members (excludes halogenated alkanes) is 10. The SMILES string of the molecule is CCCCCCCCCCCCCNC(=O)[C@@H]1CN(C(=O)c2ccc(C(=O)N3C[C@@H](C(=O)N[C@H]4C[C@@H]4c4ccccc4)[C@H](C(=O)N[C@H]4C[C@@H]4c4ccccc4)C3)cc2)CCN1C(C)=O. The molecule has 342 valence electrons. The molecule has 4 aliphatic rings. The van der Waals surface area contributed by atoms with Crippen molar-refractivity contribution in [3.63, 3.8) is 0 Å². The Labute approximate surface area is 379 Å². The summed E-state index contributed by atoms with van der Waals surface area (Å²) in [4.78, 5) is 86.3. The fraction of sp³-hybridized carbons (Fsp3) is 0.538. The van der Waals surface area contributed by atoms with Crippen molar-refractivity contribution in [2.24, 2.45) is 11.8 Å². The van der Waals surface area contributed by atoms with Gasteiger partial charge in [-0.25, -0.2) is 0 Å². The van der Waals surface area contributed by atoms with Crippen LogP contribution in [0.3, 0.4) is 0 Å². The van der Waals surface area contributed by atoms with Gasteiger partial charge in [0, 0.05) is 74.7 Å². The molecule has 2 aliphatic carbocycles. The van der Waals surface area contributed by atoms with Crippen LogP contribution in [0.15, 0.2) is 84.9 Å². The monoisotopic (exact) mass is 873 g/mol. The molecule has 0 bridgehead atoms. The van der Waals surface area contributed by atoms with Gasteiger partial charge in [0.1, 0.15) is 6.04 Å². The molecule has 6 amide bonds. The van der Waals surface area contributed by atoms with Crippen LogP contribution in [0.4, 0.5) is 0 Å². The Morgan fingerprint density at radius 3 is 1.45 bits per heavy atom. The van der Waals surface area contributed by atoms with Gasteiger partial charge < -0.3 is 30.7 Å². The minimum atomic E-state index is -0.789. The van der Waals surface area contributed by atoms with E-state index in [1.54, 1.807) is 34.1 Å². The van der Waals surface area contributed by atoms with Gasteiger partial charge in [-0.3, -0.25) is 28.8 Å². The van der Waals surface area contributed by atoms with Crippen LogP contribution in [0, 0.1) is 11.8 Å². The minimum Gasteiger partial charge on any atom is -0.354 e. The highest BCUT2D eigenvalue weighted by molar-refractivity contribution is 5.99. The summed E-state index contributed by atoms with van der Waals surface area (Å²) in [7, 11) is 0. The van der Waals surface area contributed by atoms with Crippen molar-refractivity contribution in [3.05, 3.63) is 107 Å². The van der Waals surface area contributed by atoms with Crippen molar-refractivity contribution in [3.8, 4) is 0 Å². The van der Waals surface area contributed by atoms with E-state index in [9.17, 15) is 28.8 Å². The normalized spacial score (nSPS) is 23.6. The molecule has 64 heavy (non-hydrogen) atoms. The van der Waals surface area contributed by atoms with Crippen molar-refractivity contribution in [1.29, 1.82) is 0 Å². The van der Waals surface area contributed by atoms with E-state index in [-0.39, 0.29) is 92.1 Å². The Kier molecular flexibility index (Phi) is 16.3. The quantitative estimate of drug-likeness (QED) is 0.100. The van der Waals surface area contributed by atoms with Crippen LogP contribution in [0.1, 0.15) is 141 Å². The molecule has 3 N–H and O–H groups in total. The van der Waals surface area contributed by atoms with Gasteiger partial charge in [0.25, 0.3) is 11.8 Å². The first-order valence-corrected chi connectivity index (χ1v) is 24.1. The van der Waals surface area contributed by atoms with Crippen molar-refractivity contribution in [2.75, 3.05) is 39.3 Å². The number of likely N-dealkylation sites (tertiary alicyclic amines) is 1.